The molecule has 0 unspecified atom stereocenters. The molecule has 0 saturated heterocycles. The van der Waals surface area contributed by atoms with Gasteiger partial charge in [-0.05, 0) is 31.0 Å². The topological polar surface area (TPSA) is 55.1 Å². The molecule has 1 N–H and O–H groups in total. The van der Waals surface area contributed by atoms with Gasteiger partial charge in [0.2, 0.25) is 5.76 Å². The Hall–Kier alpha value is -2.10. The van der Waals surface area contributed by atoms with Crippen molar-refractivity contribution >= 4 is 11.6 Å². The van der Waals surface area contributed by atoms with Gasteiger partial charge in [-0.3, -0.25) is 4.79 Å². The number of oxazole rings is 1. The Bertz CT molecular complexity index is 556. The molecule has 1 amide bonds. The summed E-state index contributed by atoms with van der Waals surface area (Å²) in [7, 11) is 0. The number of hydrogen-bond acceptors (Lipinski definition) is 3. The lowest BCUT2D eigenvalue weighted by molar-refractivity contribution is 0.0994. The highest BCUT2D eigenvalue weighted by atomic mass is 16.4. The van der Waals surface area contributed by atoms with Crippen molar-refractivity contribution in [1.29, 1.82) is 0 Å². The van der Waals surface area contributed by atoms with Crippen molar-refractivity contribution in [3.63, 3.8) is 0 Å². The SMILES string of the molecule is CCc1ccc(NC(=O)c2oc(C)nc2C)cc1. The third-order valence-electron chi connectivity index (χ3n) is 2.73. The minimum absolute atomic E-state index is 0.266. The van der Waals surface area contributed by atoms with Gasteiger partial charge >= 0.3 is 0 Å². The predicted octanol–water partition coefficient (Wildman–Crippen LogP) is 3.11. The molecule has 94 valence electrons. The number of aryl methyl sites for hydroxylation is 3. The van der Waals surface area contributed by atoms with Gasteiger partial charge in [0, 0.05) is 12.6 Å². The number of amides is 1. The second-order valence-electron chi connectivity index (χ2n) is 4.15. The number of rotatable bonds is 3. The summed E-state index contributed by atoms with van der Waals surface area (Å²) in [6, 6.07) is 7.76. The van der Waals surface area contributed by atoms with E-state index in [1.165, 1.54) is 5.56 Å². The molecule has 4 heteroatoms. The molecule has 2 rings (SSSR count). The van der Waals surface area contributed by atoms with Crippen LogP contribution in [0, 0.1) is 13.8 Å². The van der Waals surface area contributed by atoms with Crippen LogP contribution in [0.2, 0.25) is 0 Å². The Morgan fingerprint density at radius 3 is 2.44 bits per heavy atom. The van der Waals surface area contributed by atoms with Crippen LogP contribution >= 0.6 is 0 Å². The summed E-state index contributed by atoms with van der Waals surface area (Å²) in [5.41, 5.74) is 2.60. The Labute approximate surface area is 106 Å². The van der Waals surface area contributed by atoms with Crippen molar-refractivity contribution < 1.29 is 9.21 Å². The number of carbonyl (C=O) groups is 1. The maximum Gasteiger partial charge on any atom is 0.293 e. The molecule has 0 spiro atoms. The molecule has 0 bridgehead atoms. The van der Waals surface area contributed by atoms with Gasteiger partial charge in [0.15, 0.2) is 5.89 Å². The Kier molecular flexibility index (Phi) is 3.46. The minimum Gasteiger partial charge on any atom is -0.436 e. The first-order valence-corrected chi connectivity index (χ1v) is 5.94. The zero-order valence-corrected chi connectivity index (χ0v) is 10.8. The zero-order valence-electron chi connectivity index (χ0n) is 10.8. The third kappa shape index (κ3) is 2.59. The van der Waals surface area contributed by atoms with Crippen LogP contribution in [0.4, 0.5) is 5.69 Å². The van der Waals surface area contributed by atoms with Crippen LogP contribution in [0.25, 0.3) is 0 Å². The van der Waals surface area contributed by atoms with Crippen molar-refractivity contribution in [2.24, 2.45) is 0 Å². The van der Waals surface area contributed by atoms with Crippen LogP contribution in [0.3, 0.4) is 0 Å². The highest BCUT2D eigenvalue weighted by molar-refractivity contribution is 6.02. The molecule has 0 radical (unpaired) electrons. The maximum absolute atomic E-state index is 12.0. The molecule has 1 aromatic carbocycles. The smallest absolute Gasteiger partial charge is 0.293 e. The van der Waals surface area contributed by atoms with Gasteiger partial charge < -0.3 is 9.73 Å². The molecule has 0 aliphatic rings. The molecule has 0 fully saturated rings. The molecule has 4 nitrogen and oxygen atoms in total. The molecule has 2 aromatic rings. The first-order chi connectivity index (χ1) is 8.60. The van der Waals surface area contributed by atoms with Crippen LogP contribution in [-0.4, -0.2) is 10.9 Å². The first kappa shape index (κ1) is 12.4. The molecule has 0 aliphatic heterocycles. The lowest BCUT2D eigenvalue weighted by atomic mass is 10.1. The number of hydrogen-bond donors (Lipinski definition) is 1. The van der Waals surface area contributed by atoms with Crippen LogP contribution in [0.15, 0.2) is 28.7 Å². The molecule has 1 aromatic heterocycles. The maximum atomic E-state index is 12.0. The summed E-state index contributed by atoms with van der Waals surface area (Å²) in [5.74, 6) is 0.503. The average Bonchev–Trinajstić information content (AvgIpc) is 2.69. The van der Waals surface area contributed by atoms with Gasteiger partial charge in [-0.15, -0.1) is 0 Å². The van der Waals surface area contributed by atoms with Crippen molar-refractivity contribution in [2.45, 2.75) is 27.2 Å². The predicted molar refractivity (Wildman–Crippen MR) is 69.8 cm³/mol. The normalized spacial score (nSPS) is 10.4. The lowest BCUT2D eigenvalue weighted by Gasteiger charge is -2.04. The number of carbonyl (C=O) groups excluding carboxylic acids is 1. The first-order valence-electron chi connectivity index (χ1n) is 5.94. The van der Waals surface area contributed by atoms with E-state index in [9.17, 15) is 4.79 Å². The summed E-state index contributed by atoms with van der Waals surface area (Å²) in [6.07, 6.45) is 0.981. The second kappa shape index (κ2) is 5.04. The minimum atomic E-state index is -0.266. The summed E-state index contributed by atoms with van der Waals surface area (Å²) in [6.45, 7) is 5.57. The summed E-state index contributed by atoms with van der Waals surface area (Å²) < 4.78 is 5.27. The van der Waals surface area contributed by atoms with E-state index in [0.29, 0.717) is 11.6 Å². The van der Waals surface area contributed by atoms with Gasteiger partial charge in [-0.1, -0.05) is 19.1 Å². The molecule has 1 heterocycles. The van der Waals surface area contributed by atoms with Crippen LogP contribution in [0.5, 0.6) is 0 Å². The van der Waals surface area contributed by atoms with Gasteiger partial charge in [0.1, 0.15) is 0 Å². The van der Waals surface area contributed by atoms with Crippen molar-refractivity contribution in [1.82, 2.24) is 4.98 Å². The van der Waals surface area contributed by atoms with E-state index in [2.05, 4.69) is 17.2 Å². The highest BCUT2D eigenvalue weighted by Crippen LogP contribution is 2.14. The Morgan fingerprint density at radius 1 is 1.28 bits per heavy atom. The van der Waals surface area contributed by atoms with E-state index >= 15 is 0 Å². The molecule has 0 saturated carbocycles. The monoisotopic (exact) mass is 244 g/mol. The number of nitrogens with one attached hydrogen (secondary N) is 1. The van der Waals surface area contributed by atoms with Crippen LogP contribution in [0.1, 0.15) is 34.6 Å². The van der Waals surface area contributed by atoms with Crippen LogP contribution < -0.4 is 5.32 Å². The standard InChI is InChI=1S/C14H16N2O2/c1-4-11-5-7-12(8-6-11)16-14(17)13-9(2)15-10(3)18-13/h5-8H,4H2,1-3H3,(H,16,17). The largest absolute Gasteiger partial charge is 0.436 e. The zero-order chi connectivity index (χ0) is 13.1. The fourth-order valence-corrected chi connectivity index (χ4v) is 1.75. The van der Waals surface area contributed by atoms with Gasteiger partial charge in [0.25, 0.3) is 5.91 Å². The van der Waals surface area contributed by atoms with E-state index in [1.807, 2.05) is 24.3 Å². The second-order valence-corrected chi connectivity index (χ2v) is 4.15. The Balaban J connectivity index is 2.13. The third-order valence-corrected chi connectivity index (χ3v) is 2.73. The van der Waals surface area contributed by atoms with Gasteiger partial charge in [-0.25, -0.2) is 4.98 Å². The number of anilines is 1. The van der Waals surface area contributed by atoms with E-state index in [-0.39, 0.29) is 11.7 Å². The molecular weight excluding hydrogens is 228 g/mol. The fourth-order valence-electron chi connectivity index (χ4n) is 1.75. The molecule has 0 aliphatic carbocycles. The highest BCUT2D eigenvalue weighted by Gasteiger charge is 2.15. The number of aromatic nitrogens is 1. The van der Waals surface area contributed by atoms with Crippen LogP contribution in [-0.2, 0) is 6.42 Å². The summed E-state index contributed by atoms with van der Waals surface area (Å²) in [4.78, 5) is 16.0. The van der Waals surface area contributed by atoms with E-state index in [0.717, 1.165) is 12.1 Å². The molecule has 18 heavy (non-hydrogen) atoms. The summed E-state index contributed by atoms with van der Waals surface area (Å²) in [5, 5.41) is 2.79. The van der Waals surface area contributed by atoms with Crippen molar-refractivity contribution in [2.75, 3.05) is 5.32 Å². The molecule has 0 atom stereocenters. The number of benzene rings is 1. The lowest BCUT2D eigenvalue weighted by Crippen LogP contribution is -2.12. The average molecular weight is 244 g/mol. The van der Waals surface area contributed by atoms with Gasteiger partial charge in [0.05, 0.1) is 5.69 Å². The van der Waals surface area contributed by atoms with Crippen molar-refractivity contribution in [3.8, 4) is 0 Å². The number of nitrogens with zero attached hydrogens (tertiary/aromatic N) is 1. The fraction of sp³-hybridized carbons (Fsp3) is 0.286. The van der Waals surface area contributed by atoms with Crippen molar-refractivity contribution in [3.05, 3.63) is 47.2 Å². The van der Waals surface area contributed by atoms with E-state index < -0.39 is 0 Å². The Morgan fingerprint density at radius 2 is 1.94 bits per heavy atom. The molecular formula is C14H16N2O2. The quantitative estimate of drug-likeness (QED) is 0.902. The summed E-state index contributed by atoms with van der Waals surface area (Å²) >= 11 is 0. The van der Waals surface area contributed by atoms with Gasteiger partial charge in [-0.2, -0.15) is 0 Å². The van der Waals surface area contributed by atoms with E-state index in [1.54, 1.807) is 13.8 Å². The van der Waals surface area contributed by atoms with E-state index in [4.69, 9.17) is 4.42 Å².